The molecule has 0 saturated carbocycles. The number of halogens is 2. The molecular formula is C10H4FIN2. The molecule has 0 spiro atoms. The molecule has 1 heterocycles. The van der Waals surface area contributed by atoms with Crippen LogP contribution in [0.5, 0.6) is 0 Å². The molecule has 0 aliphatic carbocycles. The quantitative estimate of drug-likeness (QED) is 0.701. The summed E-state index contributed by atoms with van der Waals surface area (Å²) in [5, 5.41) is 9.49. The summed E-state index contributed by atoms with van der Waals surface area (Å²) in [5.41, 5.74) is 0.852. The lowest BCUT2D eigenvalue weighted by Crippen LogP contribution is -1.90. The number of nitrogens with zero attached hydrogens (tertiary/aromatic N) is 2. The average Bonchev–Trinajstić information content (AvgIpc) is 2.23. The molecule has 2 nitrogen and oxygen atoms in total. The first-order valence-corrected chi connectivity index (χ1v) is 4.95. The molecule has 2 aromatic rings. The standard InChI is InChI=1S/C10H4FIN2/c11-8-4-2-6-1-3-7(5-13)14-10(6)9(8)12/h1-4H. The zero-order chi connectivity index (χ0) is 10.1. The van der Waals surface area contributed by atoms with Gasteiger partial charge in [-0.15, -0.1) is 0 Å². The van der Waals surface area contributed by atoms with E-state index in [1.54, 1.807) is 18.2 Å². The normalized spacial score (nSPS) is 10.1. The molecule has 0 bridgehead atoms. The SMILES string of the molecule is N#Cc1ccc2ccc(F)c(I)c2n1. The third-order valence-corrected chi connectivity index (χ3v) is 2.89. The Bertz CT molecular complexity index is 546. The van der Waals surface area contributed by atoms with Crippen molar-refractivity contribution < 1.29 is 4.39 Å². The van der Waals surface area contributed by atoms with Crippen LogP contribution in [0.15, 0.2) is 24.3 Å². The number of benzene rings is 1. The van der Waals surface area contributed by atoms with Gasteiger partial charge in [0.25, 0.3) is 0 Å². The van der Waals surface area contributed by atoms with Crippen LogP contribution in [-0.4, -0.2) is 4.98 Å². The Hall–Kier alpha value is -1.22. The highest BCUT2D eigenvalue weighted by molar-refractivity contribution is 14.1. The predicted octanol–water partition coefficient (Wildman–Crippen LogP) is 2.85. The van der Waals surface area contributed by atoms with E-state index in [9.17, 15) is 4.39 Å². The molecular weight excluding hydrogens is 294 g/mol. The monoisotopic (exact) mass is 298 g/mol. The van der Waals surface area contributed by atoms with Crippen molar-refractivity contribution in [3.8, 4) is 6.07 Å². The second-order valence-corrected chi connectivity index (χ2v) is 3.82. The Balaban J connectivity index is 2.86. The van der Waals surface area contributed by atoms with Gasteiger partial charge in [-0.05, 0) is 46.9 Å². The summed E-state index contributed by atoms with van der Waals surface area (Å²) in [5.74, 6) is -0.305. The van der Waals surface area contributed by atoms with Gasteiger partial charge in [0.1, 0.15) is 17.6 Å². The van der Waals surface area contributed by atoms with Gasteiger partial charge in [0.05, 0.1) is 9.09 Å². The predicted molar refractivity (Wildman–Crippen MR) is 59.1 cm³/mol. The van der Waals surface area contributed by atoms with Crippen LogP contribution in [0.3, 0.4) is 0 Å². The number of hydrogen-bond acceptors (Lipinski definition) is 2. The van der Waals surface area contributed by atoms with Crippen LogP contribution in [0.25, 0.3) is 10.9 Å². The van der Waals surface area contributed by atoms with E-state index in [1.807, 2.05) is 28.7 Å². The highest BCUT2D eigenvalue weighted by Crippen LogP contribution is 2.21. The van der Waals surface area contributed by atoms with E-state index >= 15 is 0 Å². The van der Waals surface area contributed by atoms with E-state index in [4.69, 9.17) is 5.26 Å². The molecule has 14 heavy (non-hydrogen) atoms. The highest BCUT2D eigenvalue weighted by atomic mass is 127. The van der Waals surface area contributed by atoms with Crippen LogP contribution in [0.4, 0.5) is 4.39 Å². The minimum absolute atomic E-state index is 0.305. The van der Waals surface area contributed by atoms with Crippen molar-refractivity contribution in [2.75, 3.05) is 0 Å². The van der Waals surface area contributed by atoms with Crippen molar-refractivity contribution in [1.29, 1.82) is 5.26 Å². The fourth-order valence-electron chi connectivity index (χ4n) is 1.19. The summed E-state index contributed by atoms with van der Waals surface area (Å²) in [7, 11) is 0. The fourth-order valence-corrected chi connectivity index (χ4v) is 1.80. The Kier molecular flexibility index (Phi) is 2.33. The summed E-state index contributed by atoms with van der Waals surface area (Å²) < 4.78 is 13.6. The first-order chi connectivity index (χ1) is 6.72. The Morgan fingerprint density at radius 3 is 2.71 bits per heavy atom. The molecule has 1 aromatic heterocycles. The number of pyridine rings is 1. The topological polar surface area (TPSA) is 36.7 Å². The van der Waals surface area contributed by atoms with Gasteiger partial charge in [-0.1, -0.05) is 0 Å². The molecule has 0 radical (unpaired) electrons. The van der Waals surface area contributed by atoms with E-state index in [0.717, 1.165) is 5.39 Å². The van der Waals surface area contributed by atoms with Gasteiger partial charge in [0.2, 0.25) is 0 Å². The maximum atomic E-state index is 13.2. The second-order valence-electron chi connectivity index (χ2n) is 2.74. The van der Waals surface area contributed by atoms with Gasteiger partial charge in [-0.2, -0.15) is 5.26 Å². The van der Waals surface area contributed by atoms with Crippen molar-refractivity contribution in [1.82, 2.24) is 4.98 Å². The Morgan fingerprint density at radius 1 is 1.29 bits per heavy atom. The maximum absolute atomic E-state index is 13.2. The zero-order valence-electron chi connectivity index (χ0n) is 6.96. The maximum Gasteiger partial charge on any atom is 0.141 e. The zero-order valence-corrected chi connectivity index (χ0v) is 9.12. The van der Waals surface area contributed by atoms with Crippen molar-refractivity contribution in [2.24, 2.45) is 0 Å². The molecule has 0 saturated heterocycles. The number of rotatable bonds is 0. The van der Waals surface area contributed by atoms with Crippen LogP contribution >= 0.6 is 22.6 Å². The van der Waals surface area contributed by atoms with Crippen LogP contribution in [-0.2, 0) is 0 Å². The second kappa shape index (κ2) is 3.50. The van der Waals surface area contributed by atoms with Gasteiger partial charge in [0.15, 0.2) is 0 Å². The summed E-state index contributed by atoms with van der Waals surface area (Å²) in [6.07, 6.45) is 0. The fraction of sp³-hybridized carbons (Fsp3) is 0. The van der Waals surface area contributed by atoms with Gasteiger partial charge >= 0.3 is 0 Å². The van der Waals surface area contributed by atoms with Crippen LogP contribution in [0.2, 0.25) is 0 Å². The molecule has 4 heteroatoms. The van der Waals surface area contributed by atoms with Crippen LogP contribution in [0.1, 0.15) is 5.69 Å². The minimum Gasteiger partial charge on any atom is -0.236 e. The smallest absolute Gasteiger partial charge is 0.141 e. The molecule has 0 amide bonds. The lowest BCUT2D eigenvalue weighted by atomic mass is 10.2. The molecule has 0 unspecified atom stereocenters. The molecule has 68 valence electrons. The third kappa shape index (κ3) is 1.44. The molecule has 0 atom stereocenters. The van der Waals surface area contributed by atoms with E-state index in [1.165, 1.54) is 6.07 Å². The van der Waals surface area contributed by atoms with Crippen molar-refractivity contribution >= 4 is 33.5 Å². The summed E-state index contributed by atoms with van der Waals surface area (Å²) >= 11 is 1.89. The van der Waals surface area contributed by atoms with Crippen molar-refractivity contribution in [3.05, 3.63) is 39.3 Å². The molecule has 0 aliphatic heterocycles. The molecule has 0 N–H and O–H groups in total. The lowest BCUT2D eigenvalue weighted by molar-refractivity contribution is 0.622. The number of nitriles is 1. The largest absolute Gasteiger partial charge is 0.236 e. The molecule has 2 rings (SSSR count). The average molecular weight is 298 g/mol. The van der Waals surface area contributed by atoms with E-state index < -0.39 is 0 Å². The minimum atomic E-state index is -0.305. The van der Waals surface area contributed by atoms with E-state index in [2.05, 4.69) is 4.98 Å². The number of fused-ring (bicyclic) bond motifs is 1. The Labute approximate surface area is 93.5 Å². The Morgan fingerprint density at radius 2 is 2.00 bits per heavy atom. The first-order valence-electron chi connectivity index (χ1n) is 3.87. The van der Waals surface area contributed by atoms with Crippen molar-refractivity contribution in [3.63, 3.8) is 0 Å². The van der Waals surface area contributed by atoms with Gasteiger partial charge in [-0.3, -0.25) is 0 Å². The number of hydrogen-bond donors (Lipinski definition) is 0. The summed E-state index contributed by atoms with van der Waals surface area (Å²) in [6, 6.07) is 8.37. The van der Waals surface area contributed by atoms with Gasteiger partial charge in [-0.25, -0.2) is 9.37 Å². The lowest BCUT2D eigenvalue weighted by Gasteiger charge is -2.00. The summed E-state index contributed by atoms with van der Waals surface area (Å²) in [6.45, 7) is 0. The van der Waals surface area contributed by atoms with Gasteiger partial charge in [0, 0.05) is 5.39 Å². The first kappa shape index (κ1) is 9.34. The van der Waals surface area contributed by atoms with Crippen LogP contribution in [0, 0.1) is 20.7 Å². The van der Waals surface area contributed by atoms with Gasteiger partial charge < -0.3 is 0 Å². The van der Waals surface area contributed by atoms with Crippen molar-refractivity contribution in [2.45, 2.75) is 0 Å². The number of aromatic nitrogens is 1. The molecule has 0 aliphatic rings. The van der Waals surface area contributed by atoms with E-state index in [-0.39, 0.29) is 5.82 Å². The summed E-state index contributed by atoms with van der Waals surface area (Å²) in [4.78, 5) is 4.05. The van der Waals surface area contributed by atoms with Crippen LogP contribution < -0.4 is 0 Å². The van der Waals surface area contributed by atoms with E-state index in [0.29, 0.717) is 14.8 Å². The molecule has 0 fully saturated rings. The molecule has 1 aromatic carbocycles. The third-order valence-electron chi connectivity index (χ3n) is 1.87. The highest BCUT2D eigenvalue weighted by Gasteiger charge is 2.06.